The van der Waals surface area contributed by atoms with Gasteiger partial charge in [0, 0.05) is 0 Å². The van der Waals surface area contributed by atoms with E-state index >= 15 is 0 Å². The third-order valence-corrected chi connectivity index (χ3v) is 5.07. The molecule has 3 rings (SSSR count). The summed E-state index contributed by atoms with van der Waals surface area (Å²) in [6, 6.07) is 0. The lowest BCUT2D eigenvalue weighted by Gasteiger charge is -1.98. The summed E-state index contributed by atoms with van der Waals surface area (Å²) in [7, 11) is 0. The lowest BCUT2D eigenvalue weighted by molar-refractivity contribution is 0.709. The van der Waals surface area contributed by atoms with Gasteiger partial charge in [-0.25, -0.2) is 0 Å². The molecule has 0 fully saturated rings. The minimum absolute atomic E-state index is 1.20. The van der Waals surface area contributed by atoms with Gasteiger partial charge in [-0.1, -0.05) is 118 Å². The van der Waals surface area contributed by atoms with Gasteiger partial charge < -0.3 is 0 Å². The molecule has 3 aliphatic rings. The van der Waals surface area contributed by atoms with Crippen molar-refractivity contribution in [2.75, 3.05) is 0 Å². The Kier molecular flexibility index (Phi) is 14.4. The summed E-state index contributed by atoms with van der Waals surface area (Å²) in [5, 5.41) is 0. The van der Waals surface area contributed by atoms with Crippen LogP contribution in [0.3, 0.4) is 0 Å². The van der Waals surface area contributed by atoms with Gasteiger partial charge in [-0.3, -0.25) is 0 Å². The van der Waals surface area contributed by atoms with Gasteiger partial charge in [0.1, 0.15) is 0 Å². The van der Waals surface area contributed by atoms with Gasteiger partial charge in [0.25, 0.3) is 0 Å². The molecule has 0 bridgehead atoms. The minimum atomic E-state index is 1.20. The lowest BCUT2D eigenvalue weighted by Crippen LogP contribution is -1.79. The fourth-order valence-corrected chi connectivity index (χ4v) is 3.36. The van der Waals surface area contributed by atoms with E-state index in [0.29, 0.717) is 0 Å². The first kappa shape index (κ1) is 23.5. The Bertz CT molecular complexity index is 549. The van der Waals surface area contributed by atoms with Crippen LogP contribution >= 0.6 is 0 Å². The highest BCUT2D eigenvalue weighted by molar-refractivity contribution is 5.23. The number of allylic oxidation sites excluding steroid dienone is 12. The Morgan fingerprint density at radius 1 is 0.519 bits per heavy atom. The quantitative estimate of drug-likeness (QED) is 0.357. The maximum absolute atomic E-state index is 2.26. The molecule has 0 heterocycles. The molecule has 0 spiro atoms. The zero-order valence-corrected chi connectivity index (χ0v) is 18.2. The molecular formula is C27H42. The fraction of sp³-hybridized carbons (Fsp3) is 0.556. The van der Waals surface area contributed by atoms with Crippen molar-refractivity contribution in [3.05, 3.63) is 71.4 Å². The van der Waals surface area contributed by atoms with Gasteiger partial charge in [-0.05, 0) is 51.4 Å². The van der Waals surface area contributed by atoms with Crippen LogP contribution < -0.4 is 0 Å². The minimum Gasteiger partial charge on any atom is -0.0805 e. The normalized spacial score (nSPS) is 16.3. The van der Waals surface area contributed by atoms with Crippen molar-refractivity contribution in [3.63, 3.8) is 0 Å². The Balaban J connectivity index is 0.000000204. The second kappa shape index (κ2) is 16.6. The Morgan fingerprint density at radius 3 is 1.33 bits per heavy atom. The van der Waals surface area contributed by atoms with Crippen LogP contribution in [0.25, 0.3) is 0 Å². The third kappa shape index (κ3) is 12.5. The van der Waals surface area contributed by atoms with E-state index in [2.05, 4.69) is 75.5 Å². The van der Waals surface area contributed by atoms with E-state index in [1.165, 1.54) is 77.0 Å². The zero-order valence-electron chi connectivity index (χ0n) is 18.2. The molecule has 0 radical (unpaired) electrons. The summed E-state index contributed by atoms with van der Waals surface area (Å²) in [6.07, 6.45) is 35.5. The van der Waals surface area contributed by atoms with Crippen molar-refractivity contribution >= 4 is 0 Å². The molecule has 0 amide bonds. The molecule has 0 saturated carbocycles. The average Bonchev–Trinajstić information content (AvgIpc) is 3.45. The van der Waals surface area contributed by atoms with Gasteiger partial charge in [-0.15, -0.1) is 0 Å². The van der Waals surface area contributed by atoms with Crippen molar-refractivity contribution in [2.45, 2.75) is 97.8 Å². The molecule has 0 N–H and O–H groups in total. The predicted molar refractivity (Wildman–Crippen MR) is 124 cm³/mol. The summed E-state index contributed by atoms with van der Waals surface area (Å²) < 4.78 is 0. The summed E-state index contributed by atoms with van der Waals surface area (Å²) >= 11 is 0. The maximum atomic E-state index is 2.26. The lowest BCUT2D eigenvalue weighted by atomic mass is 10.1. The van der Waals surface area contributed by atoms with Gasteiger partial charge >= 0.3 is 0 Å². The van der Waals surface area contributed by atoms with Crippen LogP contribution in [-0.4, -0.2) is 0 Å². The molecule has 0 aromatic rings. The summed E-state index contributed by atoms with van der Waals surface area (Å²) in [6.45, 7) is 6.71. The number of hydrogen-bond donors (Lipinski definition) is 0. The van der Waals surface area contributed by atoms with Crippen LogP contribution in [0.5, 0.6) is 0 Å². The zero-order chi connectivity index (χ0) is 19.6. The fourth-order valence-electron chi connectivity index (χ4n) is 3.36. The molecule has 0 aromatic heterocycles. The first-order valence-electron chi connectivity index (χ1n) is 11.3. The first-order chi connectivity index (χ1) is 13.3. The molecule has 0 aromatic carbocycles. The molecule has 27 heavy (non-hydrogen) atoms. The monoisotopic (exact) mass is 366 g/mol. The van der Waals surface area contributed by atoms with Crippen LogP contribution in [0, 0.1) is 0 Å². The van der Waals surface area contributed by atoms with Gasteiger partial charge in [0.05, 0.1) is 0 Å². The standard InChI is InChI=1S/C10H16.C9H14.C8H12/c1-2-3-4-7-10-8-5-6-9-10;1-2-3-6-9-7-4-5-8-9;1-2-5-8-6-3-4-7-8/h5-6,8H,2-4,7,9H2,1H3;4-5,7H,2-3,6,8H2,1H3;3-4,6H,2,5,7H2,1H3. The highest BCUT2D eigenvalue weighted by Crippen LogP contribution is 2.18. The average molecular weight is 367 g/mol. The molecule has 150 valence electrons. The molecule has 0 unspecified atom stereocenters. The van der Waals surface area contributed by atoms with Crippen molar-refractivity contribution in [1.82, 2.24) is 0 Å². The molecule has 0 atom stereocenters. The highest BCUT2D eigenvalue weighted by Gasteiger charge is 1.98. The van der Waals surface area contributed by atoms with E-state index in [-0.39, 0.29) is 0 Å². The topological polar surface area (TPSA) is 0 Å². The van der Waals surface area contributed by atoms with E-state index in [9.17, 15) is 0 Å². The van der Waals surface area contributed by atoms with Crippen LogP contribution in [-0.2, 0) is 0 Å². The molecule has 0 heteroatoms. The summed E-state index contributed by atoms with van der Waals surface area (Å²) in [5.74, 6) is 0. The smallest absolute Gasteiger partial charge is 0.0133 e. The first-order valence-corrected chi connectivity index (χ1v) is 11.3. The van der Waals surface area contributed by atoms with Crippen molar-refractivity contribution in [3.8, 4) is 0 Å². The number of unbranched alkanes of at least 4 members (excludes halogenated alkanes) is 3. The van der Waals surface area contributed by atoms with Crippen LogP contribution in [0.4, 0.5) is 0 Å². The van der Waals surface area contributed by atoms with Crippen molar-refractivity contribution in [1.29, 1.82) is 0 Å². The largest absolute Gasteiger partial charge is 0.0805 e. The molecule has 0 saturated heterocycles. The molecule has 0 aliphatic heterocycles. The van der Waals surface area contributed by atoms with Crippen molar-refractivity contribution < 1.29 is 0 Å². The molecular weight excluding hydrogens is 324 g/mol. The molecule has 3 aliphatic carbocycles. The number of hydrogen-bond acceptors (Lipinski definition) is 0. The van der Waals surface area contributed by atoms with Crippen LogP contribution in [0.2, 0.25) is 0 Å². The predicted octanol–water partition coefficient (Wildman–Crippen LogP) is 9.19. The number of rotatable bonds is 9. The van der Waals surface area contributed by atoms with Gasteiger partial charge in [0.2, 0.25) is 0 Å². The third-order valence-electron chi connectivity index (χ3n) is 5.07. The highest BCUT2D eigenvalue weighted by atomic mass is 14.0. The van der Waals surface area contributed by atoms with E-state index in [1.807, 2.05) is 0 Å². The second-order valence-electron chi connectivity index (χ2n) is 7.68. The van der Waals surface area contributed by atoms with E-state index in [0.717, 1.165) is 0 Å². The van der Waals surface area contributed by atoms with Crippen LogP contribution in [0.15, 0.2) is 71.4 Å². The Hall–Kier alpha value is -1.56. The maximum Gasteiger partial charge on any atom is -0.0133 e. The van der Waals surface area contributed by atoms with Crippen LogP contribution in [0.1, 0.15) is 97.8 Å². The summed E-state index contributed by atoms with van der Waals surface area (Å²) in [4.78, 5) is 0. The SMILES string of the molecule is CCCC1=CC=CC1.CCCCC1=CC=CC1.CCCCCC1=CC=CC1. The second-order valence-corrected chi connectivity index (χ2v) is 7.68. The Morgan fingerprint density at radius 2 is 0.963 bits per heavy atom. The van der Waals surface area contributed by atoms with E-state index < -0.39 is 0 Å². The summed E-state index contributed by atoms with van der Waals surface area (Å²) in [5.41, 5.74) is 4.82. The van der Waals surface area contributed by atoms with E-state index in [4.69, 9.17) is 0 Å². The van der Waals surface area contributed by atoms with E-state index in [1.54, 1.807) is 16.7 Å². The van der Waals surface area contributed by atoms with Gasteiger partial charge in [0.15, 0.2) is 0 Å². The Labute approximate surface area is 169 Å². The molecule has 0 nitrogen and oxygen atoms in total. The van der Waals surface area contributed by atoms with Crippen molar-refractivity contribution in [2.24, 2.45) is 0 Å². The van der Waals surface area contributed by atoms with Gasteiger partial charge in [-0.2, -0.15) is 0 Å².